The van der Waals surface area contributed by atoms with Crippen molar-refractivity contribution in [1.29, 1.82) is 0 Å². The molecule has 2 N–H and O–H groups in total. The number of carbonyl (C=O) groups is 3. The van der Waals surface area contributed by atoms with Gasteiger partial charge in [-0.2, -0.15) is 0 Å². The second kappa shape index (κ2) is 6.22. The van der Waals surface area contributed by atoms with Crippen LogP contribution in [0.2, 0.25) is 0 Å². The Balaban J connectivity index is 2.25. The molecule has 1 fully saturated rings. The van der Waals surface area contributed by atoms with E-state index in [4.69, 9.17) is 5.11 Å². The molecule has 0 bridgehead atoms. The van der Waals surface area contributed by atoms with Crippen molar-refractivity contribution in [3.63, 3.8) is 0 Å². The molecule has 1 atom stereocenters. The number of hydrogen-bond donors (Lipinski definition) is 2. The molecule has 1 heterocycles. The summed E-state index contributed by atoms with van der Waals surface area (Å²) in [4.78, 5) is 34.5. The lowest BCUT2D eigenvalue weighted by Crippen LogP contribution is -2.32. The minimum Gasteiger partial charge on any atom is -0.481 e. The number of hydrogen-bond acceptors (Lipinski definition) is 3. The highest BCUT2D eigenvalue weighted by atomic mass is 16.4. The highest BCUT2D eigenvalue weighted by molar-refractivity contribution is 5.78. The van der Waals surface area contributed by atoms with Crippen molar-refractivity contribution < 1.29 is 19.5 Å². The van der Waals surface area contributed by atoms with Crippen molar-refractivity contribution in [2.24, 2.45) is 5.92 Å². The molecule has 96 valence electrons. The van der Waals surface area contributed by atoms with Crippen LogP contribution in [0.5, 0.6) is 0 Å². The van der Waals surface area contributed by atoms with Gasteiger partial charge in [-0.3, -0.25) is 14.4 Å². The first kappa shape index (κ1) is 13.5. The first-order valence-corrected chi connectivity index (χ1v) is 5.73. The van der Waals surface area contributed by atoms with Gasteiger partial charge in [0.1, 0.15) is 0 Å². The Morgan fingerprint density at radius 2 is 2.12 bits per heavy atom. The molecule has 0 aromatic rings. The predicted octanol–water partition coefficient (Wildman–Crippen LogP) is -0.164. The van der Waals surface area contributed by atoms with E-state index in [1.165, 1.54) is 6.92 Å². The van der Waals surface area contributed by atoms with Gasteiger partial charge in [0.15, 0.2) is 0 Å². The molecule has 6 nitrogen and oxygen atoms in total. The van der Waals surface area contributed by atoms with Crippen LogP contribution < -0.4 is 5.32 Å². The molecular formula is C11H18N2O4. The zero-order valence-corrected chi connectivity index (χ0v) is 9.94. The van der Waals surface area contributed by atoms with Gasteiger partial charge in [0.2, 0.25) is 11.8 Å². The lowest BCUT2D eigenvalue weighted by atomic mass is 10.1. The molecule has 1 unspecified atom stereocenters. The van der Waals surface area contributed by atoms with Crippen molar-refractivity contribution in [1.82, 2.24) is 10.2 Å². The Bertz CT molecular complexity index is 317. The van der Waals surface area contributed by atoms with Crippen LogP contribution in [0.1, 0.15) is 26.2 Å². The van der Waals surface area contributed by atoms with Crippen LogP contribution in [0.15, 0.2) is 0 Å². The molecule has 0 aromatic heterocycles. The van der Waals surface area contributed by atoms with Gasteiger partial charge in [-0.25, -0.2) is 0 Å². The molecule has 1 aliphatic rings. The average Bonchev–Trinajstić information content (AvgIpc) is 2.64. The maximum atomic E-state index is 11.7. The molecular weight excluding hydrogens is 224 g/mol. The van der Waals surface area contributed by atoms with Gasteiger partial charge < -0.3 is 15.3 Å². The number of nitrogens with zero attached hydrogens (tertiary/aromatic N) is 1. The van der Waals surface area contributed by atoms with Crippen molar-refractivity contribution in [3.05, 3.63) is 0 Å². The van der Waals surface area contributed by atoms with Crippen molar-refractivity contribution in [2.75, 3.05) is 19.6 Å². The summed E-state index contributed by atoms with van der Waals surface area (Å²) >= 11 is 0. The van der Waals surface area contributed by atoms with E-state index in [0.717, 1.165) is 6.42 Å². The van der Waals surface area contributed by atoms with Crippen LogP contribution in [0, 0.1) is 5.92 Å². The topological polar surface area (TPSA) is 86.7 Å². The van der Waals surface area contributed by atoms with Gasteiger partial charge in [-0.15, -0.1) is 0 Å². The lowest BCUT2D eigenvalue weighted by molar-refractivity contribution is -0.138. The number of rotatable bonds is 5. The van der Waals surface area contributed by atoms with Gasteiger partial charge >= 0.3 is 5.97 Å². The van der Waals surface area contributed by atoms with Crippen LogP contribution >= 0.6 is 0 Å². The maximum Gasteiger partial charge on any atom is 0.303 e. The van der Waals surface area contributed by atoms with Crippen LogP contribution in [-0.2, 0) is 14.4 Å². The summed E-state index contributed by atoms with van der Waals surface area (Å²) in [5.74, 6) is -0.922. The SMILES string of the molecule is CC(=O)NCCC(=O)N1CCC(CC(=O)O)C1. The maximum absolute atomic E-state index is 11.7. The van der Waals surface area contributed by atoms with E-state index in [9.17, 15) is 14.4 Å². The molecule has 1 rings (SSSR count). The van der Waals surface area contributed by atoms with E-state index in [1.54, 1.807) is 4.90 Å². The third-order valence-electron chi connectivity index (χ3n) is 2.81. The zero-order valence-electron chi connectivity index (χ0n) is 9.94. The summed E-state index contributed by atoms with van der Waals surface area (Å²) < 4.78 is 0. The smallest absolute Gasteiger partial charge is 0.303 e. The fourth-order valence-electron chi connectivity index (χ4n) is 1.98. The molecule has 6 heteroatoms. The van der Waals surface area contributed by atoms with E-state index in [0.29, 0.717) is 19.6 Å². The second-order valence-corrected chi connectivity index (χ2v) is 4.33. The van der Waals surface area contributed by atoms with Crippen LogP contribution in [0.3, 0.4) is 0 Å². The minimum atomic E-state index is -0.817. The van der Waals surface area contributed by atoms with E-state index in [1.807, 2.05) is 0 Å². The zero-order chi connectivity index (χ0) is 12.8. The van der Waals surface area contributed by atoms with Crippen molar-refractivity contribution in [2.45, 2.75) is 26.2 Å². The summed E-state index contributed by atoms with van der Waals surface area (Å²) in [5.41, 5.74) is 0. The van der Waals surface area contributed by atoms with Gasteiger partial charge in [0, 0.05) is 39.4 Å². The number of carboxylic acid groups (broad SMARTS) is 1. The molecule has 2 amide bonds. The molecule has 17 heavy (non-hydrogen) atoms. The summed E-state index contributed by atoms with van der Waals surface area (Å²) in [6.07, 6.45) is 1.15. The fraction of sp³-hybridized carbons (Fsp3) is 0.727. The summed E-state index contributed by atoms with van der Waals surface area (Å²) in [6.45, 7) is 2.89. The first-order valence-electron chi connectivity index (χ1n) is 5.73. The largest absolute Gasteiger partial charge is 0.481 e. The van der Waals surface area contributed by atoms with Gasteiger partial charge in [0.25, 0.3) is 0 Å². The van der Waals surface area contributed by atoms with E-state index >= 15 is 0 Å². The second-order valence-electron chi connectivity index (χ2n) is 4.33. The number of nitrogens with one attached hydrogen (secondary N) is 1. The van der Waals surface area contributed by atoms with Crippen LogP contribution in [0.25, 0.3) is 0 Å². The summed E-state index contributed by atoms with van der Waals surface area (Å²) in [5, 5.41) is 11.2. The summed E-state index contributed by atoms with van der Waals surface area (Å²) in [6, 6.07) is 0. The Kier molecular flexibility index (Phi) is 4.93. The molecule has 0 aromatic carbocycles. The van der Waals surface area contributed by atoms with Crippen molar-refractivity contribution >= 4 is 17.8 Å². The number of carboxylic acids is 1. The highest BCUT2D eigenvalue weighted by Gasteiger charge is 2.27. The number of aliphatic carboxylic acids is 1. The summed E-state index contributed by atoms with van der Waals surface area (Å²) in [7, 11) is 0. The predicted molar refractivity (Wildman–Crippen MR) is 60.2 cm³/mol. The minimum absolute atomic E-state index is 0.0216. The fourth-order valence-corrected chi connectivity index (χ4v) is 1.98. The van der Waals surface area contributed by atoms with Gasteiger partial charge in [-0.05, 0) is 12.3 Å². The van der Waals surface area contributed by atoms with E-state index in [-0.39, 0.29) is 30.6 Å². The molecule has 1 aliphatic heterocycles. The van der Waals surface area contributed by atoms with Gasteiger partial charge in [-0.1, -0.05) is 0 Å². The number of carbonyl (C=O) groups excluding carboxylic acids is 2. The third-order valence-corrected chi connectivity index (χ3v) is 2.81. The Morgan fingerprint density at radius 1 is 1.41 bits per heavy atom. The number of likely N-dealkylation sites (tertiary alicyclic amines) is 1. The highest BCUT2D eigenvalue weighted by Crippen LogP contribution is 2.19. The molecule has 0 saturated carbocycles. The standard InChI is InChI=1S/C11H18N2O4/c1-8(14)12-4-2-10(15)13-5-3-9(7-13)6-11(16)17/h9H,2-7H2,1H3,(H,12,14)(H,16,17). The molecule has 0 radical (unpaired) electrons. The normalized spacial score (nSPS) is 19.1. The number of amides is 2. The molecule has 0 spiro atoms. The Labute approximate surface area is 100.0 Å². The Hall–Kier alpha value is -1.59. The average molecular weight is 242 g/mol. The lowest BCUT2D eigenvalue weighted by Gasteiger charge is -2.16. The molecule has 1 saturated heterocycles. The van der Waals surface area contributed by atoms with Gasteiger partial charge in [0.05, 0.1) is 0 Å². The first-order chi connectivity index (χ1) is 7.99. The monoisotopic (exact) mass is 242 g/mol. The van der Waals surface area contributed by atoms with E-state index in [2.05, 4.69) is 5.32 Å². The third kappa shape index (κ3) is 4.84. The van der Waals surface area contributed by atoms with Crippen LogP contribution in [0.4, 0.5) is 0 Å². The van der Waals surface area contributed by atoms with Crippen molar-refractivity contribution in [3.8, 4) is 0 Å². The Morgan fingerprint density at radius 3 is 2.71 bits per heavy atom. The quantitative estimate of drug-likeness (QED) is 0.701. The van der Waals surface area contributed by atoms with E-state index < -0.39 is 5.97 Å². The van der Waals surface area contributed by atoms with Crippen LogP contribution in [-0.4, -0.2) is 47.4 Å². The molecule has 0 aliphatic carbocycles.